The fraction of sp³-hybridized carbons (Fsp3) is 0.233. The van der Waals surface area contributed by atoms with E-state index < -0.39 is 6.04 Å². The largest absolute Gasteiger partial charge is 0.490 e. The molecule has 0 spiro atoms. The molecule has 1 amide bonds. The highest BCUT2D eigenvalue weighted by molar-refractivity contribution is 9.10. The number of rotatable bonds is 8. The second kappa shape index (κ2) is 11.3. The molecule has 200 valence electrons. The summed E-state index contributed by atoms with van der Waals surface area (Å²) in [5.74, 6) is 1.50. The number of nitrogens with one attached hydrogen (secondary N) is 2. The highest BCUT2D eigenvalue weighted by Gasteiger charge is 2.34. The fourth-order valence-corrected chi connectivity index (χ4v) is 5.28. The summed E-state index contributed by atoms with van der Waals surface area (Å²) in [5.41, 5.74) is 5.98. The lowest BCUT2D eigenvalue weighted by Gasteiger charge is -2.29. The predicted molar refractivity (Wildman–Crippen MR) is 155 cm³/mol. The summed E-state index contributed by atoms with van der Waals surface area (Å²) >= 11 is 3.71. The first-order valence-corrected chi connectivity index (χ1v) is 13.5. The first-order chi connectivity index (χ1) is 18.9. The van der Waals surface area contributed by atoms with E-state index in [1.165, 1.54) is 11.9 Å². The van der Waals surface area contributed by atoms with Crippen LogP contribution in [0.5, 0.6) is 11.5 Å². The van der Waals surface area contributed by atoms with Gasteiger partial charge in [-0.25, -0.2) is 4.68 Å². The average molecular weight is 589 g/mol. The molecule has 3 aromatic carbocycles. The van der Waals surface area contributed by atoms with Crippen LogP contribution in [0.3, 0.4) is 0 Å². The minimum Gasteiger partial charge on any atom is -0.490 e. The van der Waals surface area contributed by atoms with Gasteiger partial charge in [0.05, 0.1) is 16.7 Å². The van der Waals surface area contributed by atoms with E-state index in [4.69, 9.17) is 9.47 Å². The van der Waals surface area contributed by atoms with Crippen LogP contribution in [0.15, 0.2) is 82.7 Å². The van der Waals surface area contributed by atoms with E-state index in [0.717, 1.165) is 22.4 Å². The molecule has 0 aliphatic carbocycles. The van der Waals surface area contributed by atoms with E-state index in [0.29, 0.717) is 46.4 Å². The Morgan fingerprint density at radius 1 is 1.08 bits per heavy atom. The predicted octanol–water partition coefficient (Wildman–Crippen LogP) is 6.56. The number of hydrogen-bond donors (Lipinski definition) is 2. The molecule has 2 heterocycles. The van der Waals surface area contributed by atoms with Gasteiger partial charge in [-0.05, 0) is 78.5 Å². The number of allylic oxidation sites excluding steroid dienone is 1. The van der Waals surface area contributed by atoms with Crippen molar-refractivity contribution in [3.63, 3.8) is 0 Å². The van der Waals surface area contributed by atoms with Crippen molar-refractivity contribution < 1.29 is 14.3 Å². The van der Waals surface area contributed by atoms with Gasteiger partial charge in [-0.2, -0.15) is 10.1 Å². The molecule has 0 radical (unpaired) electrons. The number of hydrogen-bond acceptors (Lipinski definition) is 6. The molecular formula is C30H30BrN5O3. The van der Waals surface area contributed by atoms with Crippen LogP contribution in [0.2, 0.25) is 0 Å². The molecule has 1 aromatic heterocycles. The van der Waals surface area contributed by atoms with Crippen LogP contribution in [0.25, 0.3) is 0 Å². The van der Waals surface area contributed by atoms with Gasteiger partial charge in [-0.15, -0.1) is 0 Å². The standard InChI is InChI=1S/C30H30BrN5O3/c1-5-38-25-15-22(14-23(31)28(25)39-16-21-11-8-9-18(2)13-21)27-26(20(4)34-30-32-17-33-36(27)30)29(37)35-24-12-7-6-10-19(24)3/h6-15,17,27H,5,16H2,1-4H3,(H,35,37)(H,32,33,34). The van der Waals surface area contributed by atoms with Crippen molar-refractivity contribution in [3.8, 4) is 11.5 Å². The monoisotopic (exact) mass is 587 g/mol. The molecular weight excluding hydrogens is 558 g/mol. The van der Waals surface area contributed by atoms with Crippen LogP contribution in [0.4, 0.5) is 11.6 Å². The molecule has 5 rings (SSSR count). The molecule has 0 saturated heterocycles. The van der Waals surface area contributed by atoms with Crippen LogP contribution >= 0.6 is 15.9 Å². The van der Waals surface area contributed by atoms with Crippen molar-refractivity contribution in [1.82, 2.24) is 14.8 Å². The molecule has 1 atom stereocenters. The number of carbonyl (C=O) groups excluding carboxylic acids is 1. The Kier molecular flexibility index (Phi) is 7.70. The SMILES string of the molecule is CCOc1cc(C2C(C(=O)Nc3ccccc3C)=C(C)Nc3ncnn32)cc(Br)c1OCc1cccc(C)c1. The van der Waals surface area contributed by atoms with Crippen LogP contribution in [0.1, 0.15) is 42.1 Å². The Morgan fingerprint density at radius 3 is 2.67 bits per heavy atom. The van der Waals surface area contributed by atoms with Gasteiger partial charge in [0.15, 0.2) is 11.5 Å². The zero-order chi connectivity index (χ0) is 27.5. The zero-order valence-electron chi connectivity index (χ0n) is 22.3. The lowest BCUT2D eigenvalue weighted by molar-refractivity contribution is -0.113. The number of fused-ring (bicyclic) bond motifs is 1. The van der Waals surface area contributed by atoms with E-state index in [1.807, 2.05) is 69.3 Å². The molecule has 1 unspecified atom stereocenters. The maximum absolute atomic E-state index is 13.8. The molecule has 1 aliphatic rings. The summed E-state index contributed by atoms with van der Waals surface area (Å²) < 4.78 is 14.7. The number of benzene rings is 3. The van der Waals surface area contributed by atoms with Gasteiger partial charge >= 0.3 is 0 Å². The summed E-state index contributed by atoms with van der Waals surface area (Å²) in [7, 11) is 0. The Morgan fingerprint density at radius 2 is 1.90 bits per heavy atom. The van der Waals surface area contributed by atoms with E-state index in [2.05, 4.69) is 55.7 Å². The van der Waals surface area contributed by atoms with E-state index in [-0.39, 0.29) is 5.91 Å². The normalized spacial score (nSPS) is 14.4. The topological polar surface area (TPSA) is 90.3 Å². The molecule has 0 saturated carbocycles. The maximum Gasteiger partial charge on any atom is 0.255 e. The van der Waals surface area contributed by atoms with E-state index in [9.17, 15) is 4.79 Å². The highest BCUT2D eigenvalue weighted by Crippen LogP contribution is 2.43. The molecule has 0 fully saturated rings. The first-order valence-electron chi connectivity index (χ1n) is 12.7. The first kappa shape index (κ1) is 26.5. The minimum atomic E-state index is -0.547. The number of aryl methyl sites for hydroxylation is 2. The third-order valence-electron chi connectivity index (χ3n) is 6.55. The molecule has 9 heteroatoms. The molecule has 2 N–H and O–H groups in total. The van der Waals surface area contributed by atoms with Crippen molar-refractivity contribution >= 4 is 33.5 Å². The number of para-hydroxylation sites is 1. The summed E-state index contributed by atoms with van der Waals surface area (Å²) in [6.07, 6.45) is 1.47. The van der Waals surface area contributed by atoms with Gasteiger partial charge in [-0.3, -0.25) is 4.79 Å². The molecule has 39 heavy (non-hydrogen) atoms. The second-order valence-corrected chi connectivity index (χ2v) is 10.3. The van der Waals surface area contributed by atoms with Gasteiger partial charge in [0.1, 0.15) is 19.0 Å². The van der Waals surface area contributed by atoms with Crippen LogP contribution in [-0.4, -0.2) is 27.3 Å². The van der Waals surface area contributed by atoms with Crippen molar-refractivity contribution in [1.29, 1.82) is 0 Å². The number of amides is 1. The summed E-state index contributed by atoms with van der Waals surface area (Å²) in [6.45, 7) is 8.66. The van der Waals surface area contributed by atoms with Gasteiger partial charge in [0.2, 0.25) is 5.95 Å². The summed E-state index contributed by atoms with van der Waals surface area (Å²) in [5, 5.41) is 10.8. The number of nitrogens with zero attached hydrogens (tertiary/aromatic N) is 3. The average Bonchev–Trinajstić information content (AvgIpc) is 3.37. The minimum absolute atomic E-state index is 0.227. The van der Waals surface area contributed by atoms with E-state index in [1.54, 1.807) is 4.68 Å². The van der Waals surface area contributed by atoms with Crippen LogP contribution < -0.4 is 20.1 Å². The van der Waals surface area contributed by atoms with Crippen LogP contribution in [0, 0.1) is 13.8 Å². The molecule has 0 bridgehead atoms. The van der Waals surface area contributed by atoms with Gasteiger partial charge < -0.3 is 20.1 Å². The lowest BCUT2D eigenvalue weighted by atomic mass is 9.94. The Hall–Kier alpha value is -4.11. The molecule has 4 aromatic rings. The maximum atomic E-state index is 13.8. The lowest BCUT2D eigenvalue weighted by Crippen LogP contribution is -2.31. The molecule has 1 aliphatic heterocycles. The smallest absolute Gasteiger partial charge is 0.255 e. The fourth-order valence-electron chi connectivity index (χ4n) is 4.70. The molecule has 8 nitrogen and oxygen atoms in total. The highest BCUT2D eigenvalue weighted by atomic mass is 79.9. The third-order valence-corrected chi connectivity index (χ3v) is 7.13. The van der Waals surface area contributed by atoms with E-state index >= 15 is 0 Å². The van der Waals surface area contributed by atoms with Gasteiger partial charge in [-0.1, -0.05) is 48.0 Å². The zero-order valence-corrected chi connectivity index (χ0v) is 23.9. The van der Waals surface area contributed by atoms with Crippen LogP contribution in [-0.2, 0) is 11.4 Å². The van der Waals surface area contributed by atoms with Crippen molar-refractivity contribution in [2.75, 3.05) is 17.2 Å². The summed E-state index contributed by atoms with van der Waals surface area (Å²) in [4.78, 5) is 18.1. The van der Waals surface area contributed by atoms with Gasteiger partial charge in [0.25, 0.3) is 5.91 Å². The number of anilines is 2. The number of aromatic nitrogens is 3. The summed E-state index contributed by atoms with van der Waals surface area (Å²) in [6, 6.07) is 19.2. The second-order valence-electron chi connectivity index (χ2n) is 9.40. The Labute approximate surface area is 236 Å². The number of ether oxygens (including phenoxy) is 2. The number of halogens is 1. The van der Waals surface area contributed by atoms with Gasteiger partial charge in [0, 0.05) is 11.4 Å². The Bertz CT molecular complexity index is 1560. The van der Waals surface area contributed by atoms with Crippen molar-refractivity contribution in [3.05, 3.63) is 105 Å². The quantitative estimate of drug-likeness (QED) is 0.242. The van der Waals surface area contributed by atoms with Crippen molar-refractivity contribution in [2.24, 2.45) is 0 Å². The Balaban J connectivity index is 1.54. The van der Waals surface area contributed by atoms with Crippen molar-refractivity contribution in [2.45, 2.75) is 40.3 Å². The third kappa shape index (κ3) is 5.54. The number of carbonyl (C=O) groups is 1.